The van der Waals surface area contributed by atoms with E-state index in [4.69, 9.17) is 0 Å². The van der Waals surface area contributed by atoms with Gasteiger partial charge in [-0.25, -0.2) is 4.98 Å². The third-order valence-corrected chi connectivity index (χ3v) is 5.60. The van der Waals surface area contributed by atoms with Crippen LogP contribution in [0.3, 0.4) is 0 Å². The van der Waals surface area contributed by atoms with Crippen LogP contribution in [-0.4, -0.2) is 27.5 Å². The van der Waals surface area contributed by atoms with Crippen molar-refractivity contribution in [3.05, 3.63) is 48.5 Å². The van der Waals surface area contributed by atoms with Crippen molar-refractivity contribution in [3.8, 4) is 5.69 Å². The zero-order valence-electron chi connectivity index (χ0n) is 15.5. The summed E-state index contributed by atoms with van der Waals surface area (Å²) in [6.45, 7) is 2.05. The molecule has 0 radical (unpaired) electrons. The first-order valence-electron chi connectivity index (χ1n) is 9.31. The van der Waals surface area contributed by atoms with Crippen LogP contribution in [0.1, 0.15) is 50.6 Å². The number of aromatic nitrogens is 2. The van der Waals surface area contributed by atoms with Gasteiger partial charge in [0.15, 0.2) is 0 Å². The molecular weight excluding hydrogens is 383 g/mol. The third-order valence-electron chi connectivity index (χ3n) is 5.60. The lowest BCUT2D eigenvalue weighted by Gasteiger charge is -2.29. The van der Waals surface area contributed by atoms with Crippen LogP contribution >= 0.6 is 24.8 Å². The Labute approximate surface area is 173 Å². The van der Waals surface area contributed by atoms with Crippen LogP contribution in [-0.2, 0) is 4.79 Å². The molecule has 7 heteroatoms. The summed E-state index contributed by atoms with van der Waals surface area (Å²) in [6.07, 6.45) is 11.0. The Balaban J connectivity index is 0.00000131. The molecule has 3 heterocycles. The quantitative estimate of drug-likeness (QED) is 0.787. The number of nitrogens with one attached hydrogen (secondary N) is 2. The molecule has 2 saturated heterocycles. The number of carbonyl (C=O) groups is 1. The van der Waals surface area contributed by atoms with Crippen molar-refractivity contribution in [3.63, 3.8) is 0 Å². The summed E-state index contributed by atoms with van der Waals surface area (Å²) in [6, 6.07) is 9.53. The molecule has 0 spiro atoms. The first kappa shape index (κ1) is 21.7. The lowest BCUT2D eigenvalue weighted by Crippen LogP contribution is -2.40. The number of halogens is 2. The molecule has 0 saturated carbocycles. The fourth-order valence-electron chi connectivity index (χ4n) is 4.35. The maximum atomic E-state index is 12.5. The van der Waals surface area contributed by atoms with Crippen molar-refractivity contribution < 1.29 is 4.79 Å². The van der Waals surface area contributed by atoms with E-state index in [1.807, 2.05) is 22.9 Å². The molecule has 1 aromatic heterocycles. The van der Waals surface area contributed by atoms with Gasteiger partial charge in [0.05, 0.1) is 12.4 Å². The standard InChI is InChI=1S/C20H26N4O.2ClH/c1-14(16-3-2-4-19(12-16)24-8-7-21-13-24)22-20(25)11-15-9-17-5-6-18(10-15)23-17;;/h2-4,7-8,12-15,17-18,23H,5-6,9-11H2,1H3,(H,22,25);2*1H. The monoisotopic (exact) mass is 410 g/mol. The van der Waals surface area contributed by atoms with E-state index in [0.29, 0.717) is 24.4 Å². The lowest BCUT2D eigenvalue weighted by molar-refractivity contribution is -0.122. The zero-order chi connectivity index (χ0) is 17.2. The summed E-state index contributed by atoms with van der Waals surface area (Å²) in [4.78, 5) is 16.6. The van der Waals surface area contributed by atoms with Crippen LogP contribution < -0.4 is 10.6 Å². The van der Waals surface area contributed by atoms with Crippen molar-refractivity contribution in [2.24, 2.45) is 5.92 Å². The Morgan fingerprint density at radius 2 is 2.04 bits per heavy atom. The maximum Gasteiger partial charge on any atom is 0.220 e. The van der Waals surface area contributed by atoms with Crippen molar-refractivity contribution in [2.75, 3.05) is 0 Å². The number of fused-ring (bicyclic) bond motifs is 2. The van der Waals surface area contributed by atoms with Crippen LogP contribution in [0.15, 0.2) is 43.0 Å². The van der Waals surface area contributed by atoms with Gasteiger partial charge in [-0.15, -0.1) is 24.8 Å². The van der Waals surface area contributed by atoms with Crippen molar-refractivity contribution in [1.29, 1.82) is 0 Å². The zero-order valence-corrected chi connectivity index (χ0v) is 17.1. The van der Waals surface area contributed by atoms with Crippen LogP contribution in [0.5, 0.6) is 0 Å². The van der Waals surface area contributed by atoms with Gasteiger partial charge in [-0.05, 0) is 56.2 Å². The first-order chi connectivity index (χ1) is 12.2. The molecule has 2 N–H and O–H groups in total. The number of hydrogen-bond acceptors (Lipinski definition) is 3. The second-order valence-corrected chi connectivity index (χ2v) is 7.53. The Bertz CT molecular complexity index is 725. The summed E-state index contributed by atoms with van der Waals surface area (Å²) >= 11 is 0. The van der Waals surface area contributed by atoms with Crippen LogP contribution in [0.2, 0.25) is 0 Å². The average molecular weight is 411 g/mol. The van der Waals surface area contributed by atoms with Gasteiger partial charge in [0, 0.05) is 36.6 Å². The van der Waals surface area contributed by atoms with E-state index in [2.05, 4.69) is 34.7 Å². The highest BCUT2D eigenvalue weighted by Crippen LogP contribution is 2.32. The maximum absolute atomic E-state index is 12.5. The fourth-order valence-corrected chi connectivity index (χ4v) is 4.35. The summed E-state index contributed by atoms with van der Waals surface area (Å²) in [5, 5.41) is 6.82. The number of hydrogen-bond donors (Lipinski definition) is 2. The molecule has 5 nitrogen and oxygen atoms in total. The number of carbonyl (C=O) groups excluding carboxylic acids is 1. The molecule has 2 fully saturated rings. The Hall–Kier alpha value is -1.56. The molecule has 2 bridgehead atoms. The van der Waals surface area contributed by atoms with Gasteiger partial charge in [0.2, 0.25) is 5.91 Å². The molecule has 2 aliphatic heterocycles. The van der Waals surface area contributed by atoms with Gasteiger partial charge in [-0.3, -0.25) is 4.79 Å². The summed E-state index contributed by atoms with van der Waals surface area (Å²) in [7, 11) is 0. The molecule has 3 unspecified atom stereocenters. The average Bonchev–Trinajstić information content (AvgIpc) is 3.25. The predicted molar refractivity (Wildman–Crippen MR) is 112 cm³/mol. The highest BCUT2D eigenvalue weighted by molar-refractivity contribution is 5.85. The van der Waals surface area contributed by atoms with Gasteiger partial charge in [0.1, 0.15) is 0 Å². The normalized spacial score (nSPS) is 24.4. The number of piperidine rings is 1. The number of rotatable bonds is 5. The van der Waals surface area contributed by atoms with E-state index < -0.39 is 0 Å². The van der Waals surface area contributed by atoms with Crippen LogP contribution in [0.4, 0.5) is 0 Å². The molecule has 1 aromatic carbocycles. The number of imidazole rings is 1. The summed E-state index contributed by atoms with van der Waals surface area (Å²) in [5.41, 5.74) is 2.18. The van der Waals surface area contributed by atoms with Crippen molar-refractivity contribution in [1.82, 2.24) is 20.2 Å². The van der Waals surface area contributed by atoms with Crippen molar-refractivity contribution in [2.45, 2.75) is 57.2 Å². The van der Waals surface area contributed by atoms with E-state index in [1.54, 1.807) is 12.5 Å². The number of amides is 1. The predicted octanol–water partition coefficient (Wildman–Crippen LogP) is 3.81. The second kappa shape index (κ2) is 9.58. The fraction of sp³-hybridized carbons (Fsp3) is 0.500. The third kappa shape index (κ3) is 5.24. The van der Waals surface area contributed by atoms with Gasteiger partial charge >= 0.3 is 0 Å². The lowest BCUT2D eigenvalue weighted by atomic mass is 9.89. The highest BCUT2D eigenvalue weighted by atomic mass is 35.5. The van der Waals surface area contributed by atoms with E-state index >= 15 is 0 Å². The van der Waals surface area contributed by atoms with E-state index in [1.165, 1.54) is 12.8 Å². The SMILES string of the molecule is CC(NC(=O)CC1CC2CCC(C1)N2)c1cccc(-n2ccnc2)c1.Cl.Cl. The van der Waals surface area contributed by atoms with Gasteiger partial charge in [-0.2, -0.15) is 0 Å². The largest absolute Gasteiger partial charge is 0.350 e. The Kier molecular flexibility index (Phi) is 7.71. The van der Waals surface area contributed by atoms with Gasteiger partial charge < -0.3 is 15.2 Å². The molecule has 4 rings (SSSR count). The van der Waals surface area contributed by atoms with E-state index in [-0.39, 0.29) is 36.8 Å². The highest BCUT2D eigenvalue weighted by Gasteiger charge is 2.34. The van der Waals surface area contributed by atoms with Crippen LogP contribution in [0.25, 0.3) is 5.69 Å². The minimum atomic E-state index is 0. The molecule has 0 aliphatic carbocycles. The molecule has 2 aliphatic rings. The molecule has 2 aromatic rings. The number of nitrogens with zero attached hydrogens (tertiary/aromatic N) is 2. The Morgan fingerprint density at radius 3 is 2.70 bits per heavy atom. The van der Waals surface area contributed by atoms with Crippen LogP contribution in [0, 0.1) is 5.92 Å². The topological polar surface area (TPSA) is 59.0 Å². The molecule has 27 heavy (non-hydrogen) atoms. The minimum Gasteiger partial charge on any atom is -0.350 e. The summed E-state index contributed by atoms with van der Waals surface area (Å²) < 4.78 is 1.98. The molecular formula is C20H28Cl2N4O. The van der Waals surface area contributed by atoms with Crippen molar-refractivity contribution >= 4 is 30.7 Å². The molecule has 3 atom stereocenters. The Morgan fingerprint density at radius 1 is 1.30 bits per heavy atom. The van der Waals surface area contributed by atoms with E-state index in [0.717, 1.165) is 24.1 Å². The van der Waals surface area contributed by atoms with Gasteiger partial charge in [0.25, 0.3) is 0 Å². The molecule has 1 amide bonds. The first-order valence-corrected chi connectivity index (χ1v) is 9.31. The minimum absolute atomic E-state index is 0. The molecule has 148 valence electrons. The second-order valence-electron chi connectivity index (χ2n) is 7.53. The van der Waals surface area contributed by atoms with Gasteiger partial charge in [-0.1, -0.05) is 12.1 Å². The smallest absolute Gasteiger partial charge is 0.220 e. The van der Waals surface area contributed by atoms with E-state index in [9.17, 15) is 4.79 Å². The number of benzene rings is 1. The summed E-state index contributed by atoms with van der Waals surface area (Å²) in [5.74, 6) is 0.704.